The van der Waals surface area contributed by atoms with E-state index < -0.39 is 0 Å². The quantitative estimate of drug-likeness (QED) is 0.747. The zero-order valence-electron chi connectivity index (χ0n) is 12.7. The highest BCUT2D eigenvalue weighted by molar-refractivity contribution is 7.15. The maximum Gasteiger partial charge on any atom is 0.227 e. The minimum Gasteiger partial charge on any atom is -0.506 e. The van der Waals surface area contributed by atoms with Gasteiger partial charge in [0.25, 0.3) is 0 Å². The summed E-state index contributed by atoms with van der Waals surface area (Å²) < 4.78 is 0. The molecule has 0 radical (unpaired) electrons. The van der Waals surface area contributed by atoms with Crippen LogP contribution < -0.4 is 11.1 Å². The van der Waals surface area contributed by atoms with Gasteiger partial charge in [-0.25, -0.2) is 4.98 Å². The second kappa shape index (κ2) is 6.97. The minimum absolute atomic E-state index is 0.0163. The van der Waals surface area contributed by atoms with Crippen LogP contribution in [-0.4, -0.2) is 34.0 Å². The monoisotopic (exact) mass is 332 g/mol. The number of hydrogen-bond donors (Lipinski definition) is 3. The molecule has 0 spiro atoms. The molecule has 1 aliphatic heterocycles. The van der Waals surface area contributed by atoms with Gasteiger partial charge in [0, 0.05) is 23.5 Å². The molecule has 122 valence electrons. The lowest BCUT2D eigenvalue weighted by Crippen LogP contribution is -2.37. The minimum atomic E-state index is -0.0202. The van der Waals surface area contributed by atoms with Crippen LogP contribution in [0.5, 0.6) is 5.75 Å². The van der Waals surface area contributed by atoms with Crippen molar-refractivity contribution in [2.75, 3.05) is 24.1 Å². The first-order valence-corrected chi connectivity index (χ1v) is 8.45. The number of amides is 1. The summed E-state index contributed by atoms with van der Waals surface area (Å²) in [5, 5.41) is 13.1. The van der Waals surface area contributed by atoms with E-state index in [1.165, 1.54) is 11.3 Å². The lowest BCUT2D eigenvalue weighted by Gasteiger charge is -2.30. The fourth-order valence-corrected chi connectivity index (χ4v) is 3.51. The third kappa shape index (κ3) is 4.00. The van der Waals surface area contributed by atoms with Gasteiger partial charge in [-0.1, -0.05) is 12.1 Å². The molecule has 2 heterocycles. The topological polar surface area (TPSA) is 91.5 Å². The van der Waals surface area contributed by atoms with Crippen LogP contribution in [-0.2, 0) is 11.3 Å². The second-order valence-electron chi connectivity index (χ2n) is 5.72. The first-order chi connectivity index (χ1) is 11.1. The van der Waals surface area contributed by atoms with Gasteiger partial charge < -0.3 is 16.2 Å². The highest BCUT2D eigenvalue weighted by Gasteiger charge is 2.25. The number of carbonyl (C=O) groups excluding carboxylic acids is 1. The molecular formula is C16H20N4O2S. The highest BCUT2D eigenvalue weighted by Crippen LogP contribution is 2.26. The number of phenols is 1. The molecular weight excluding hydrogens is 312 g/mol. The van der Waals surface area contributed by atoms with Gasteiger partial charge in [-0.2, -0.15) is 0 Å². The van der Waals surface area contributed by atoms with Crippen molar-refractivity contribution in [3.63, 3.8) is 0 Å². The molecule has 1 aliphatic rings. The van der Waals surface area contributed by atoms with Crippen molar-refractivity contribution in [3.8, 4) is 5.75 Å². The number of carbonyl (C=O) groups is 1. The maximum absolute atomic E-state index is 12.3. The summed E-state index contributed by atoms with van der Waals surface area (Å²) in [6.45, 7) is 2.58. The van der Waals surface area contributed by atoms with Gasteiger partial charge in [0.1, 0.15) is 5.75 Å². The Labute approximate surface area is 139 Å². The van der Waals surface area contributed by atoms with Crippen LogP contribution in [0.15, 0.2) is 30.5 Å². The molecule has 0 atom stereocenters. The summed E-state index contributed by atoms with van der Waals surface area (Å²) in [5.74, 6) is 0.0617. The van der Waals surface area contributed by atoms with Crippen molar-refractivity contribution in [2.24, 2.45) is 5.92 Å². The van der Waals surface area contributed by atoms with E-state index in [4.69, 9.17) is 5.73 Å². The van der Waals surface area contributed by atoms with Crippen LogP contribution in [0, 0.1) is 5.92 Å². The largest absolute Gasteiger partial charge is 0.506 e. The molecule has 23 heavy (non-hydrogen) atoms. The van der Waals surface area contributed by atoms with Crippen molar-refractivity contribution in [1.82, 2.24) is 9.88 Å². The van der Waals surface area contributed by atoms with E-state index in [0.717, 1.165) is 37.4 Å². The van der Waals surface area contributed by atoms with E-state index in [0.29, 0.717) is 10.8 Å². The number of rotatable bonds is 4. The van der Waals surface area contributed by atoms with E-state index in [2.05, 4.69) is 15.2 Å². The third-order valence-electron chi connectivity index (χ3n) is 4.07. The number of aromatic nitrogens is 1. The van der Waals surface area contributed by atoms with Crippen molar-refractivity contribution in [2.45, 2.75) is 19.4 Å². The summed E-state index contributed by atoms with van der Waals surface area (Å²) in [4.78, 5) is 19.9. The number of thiazole rings is 1. The van der Waals surface area contributed by atoms with Crippen molar-refractivity contribution >= 4 is 28.1 Å². The molecule has 1 aromatic carbocycles. The Morgan fingerprint density at radius 2 is 2.13 bits per heavy atom. The Kier molecular flexibility index (Phi) is 4.78. The van der Waals surface area contributed by atoms with E-state index in [9.17, 15) is 9.90 Å². The fraction of sp³-hybridized carbons (Fsp3) is 0.375. The molecule has 0 aliphatic carbocycles. The molecule has 1 amide bonds. The van der Waals surface area contributed by atoms with Crippen molar-refractivity contribution in [1.29, 1.82) is 0 Å². The smallest absolute Gasteiger partial charge is 0.227 e. The van der Waals surface area contributed by atoms with E-state index in [1.807, 2.05) is 6.20 Å². The fourth-order valence-electron chi connectivity index (χ4n) is 2.78. The number of aromatic hydroxyl groups is 1. The summed E-state index contributed by atoms with van der Waals surface area (Å²) in [6, 6.07) is 6.80. The Balaban J connectivity index is 1.50. The summed E-state index contributed by atoms with van der Waals surface area (Å²) in [7, 11) is 0. The number of anilines is 2. The Morgan fingerprint density at radius 1 is 1.39 bits per heavy atom. The zero-order valence-corrected chi connectivity index (χ0v) is 13.6. The number of piperidine rings is 1. The van der Waals surface area contributed by atoms with Gasteiger partial charge in [0.15, 0.2) is 5.13 Å². The summed E-state index contributed by atoms with van der Waals surface area (Å²) in [5.41, 5.74) is 6.12. The molecule has 0 saturated carbocycles. The van der Waals surface area contributed by atoms with Crippen LogP contribution in [0.4, 0.5) is 10.8 Å². The van der Waals surface area contributed by atoms with Gasteiger partial charge in [-0.05, 0) is 38.1 Å². The van der Waals surface area contributed by atoms with Crippen LogP contribution >= 0.6 is 11.3 Å². The lowest BCUT2D eigenvalue weighted by atomic mass is 9.95. The average molecular weight is 332 g/mol. The van der Waals surface area contributed by atoms with Gasteiger partial charge >= 0.3 is 0 Å². The van der Waals surface area contributed by atoms with Gasteiger partial charge in [-0.3, -0.25) is 9.69 Å². The van der Waals surface area contributed by atoms with Gasteiger partial charge in [0.2, 0.25) is 5.91 Å². The average Bonchev–Trinajstić information content (AvgIpc) is 2.95. The number of nitrogens with zero attached hydrogens (tertiary/aromatic N) is 2. The number of nitrogens with two attached hydrogens (primary N) is 1. The number of hydrogen-bond acceptors (Lipinski definition) is 6. The first-order valence-electron chi connectivity index (χ1n) is 7.63. The molecule has 1 fully saturated rings. The molecule has 4 N–H and O–H groups in total. The van der Waals surface area contributed by atoms with Crippen LogP contribution in [0.3, 0.4) is 0 Å². The second-order valence-corrected chi connectivity index (χ2v) is 6.87. The number of nitrogen functional groups attached to an aromatic ring is 1. The number of phenolic OH excluding ortho intramolecular Hbond substituents is 1. The molecule has 1 saturated heterocycles. The van der Waals surface area contributed by atoms with E-state index >= 15 is 0 Å². The predicted octanol–water partition coefficient (Wildman–Crippen LogP) is 2.28. The van der Waals surface area contributed by atoms with Crippen molar-refractivity contribution < 1.29 is 9.90 Å². The highest BCUT2D eigenvalue weighted by atomic mass is 32.1. The van der Waals surface area contributed by atoms with Crippen LogP contribution in [0.25, 0.3) is 0 Å². The first kappa shape index (κ1) is 15.8. The number of likely N-dealkylation sites (tertiary alicyclic amines) is 1. The van der Waals surface area contributed by atoms with E-state index in [1.54, 1.807) is 24.3 Å². The van der Waals surface area contributed by atoms with Crippen LogP contribution in [0.2, 0.25) is 0 Å². The van der Waals surface area contributed by atoms with Crippen LogP contribution in [0.1, 0.15) is 17.7 Å². The Bertz CT molecular complexity index is 680. The Morgan fingerprint density at radius 3 is 2.78 bits per heavy atom. The maximum atomic E-state index is 12.3. The van der Waals surface area contributed by atoms with E-state index in [-0.39, 0.29) is 17.6 Å². The molecule has 6 nitrogen and oxygen atoms in total. The third-order valence-corrected chi connectivity index (χ3v) is 4.88. The molecule has 3 rings (SSSR count). The zero-order chi connectivity index (χ0) is 16.2. The SMILES string of the molecule is Nc1ncc(CN2CCC(C(=O)Nc3ccccc3O)CC2)s1. The van der Waals surface area contributed by atoms with Crippen molar-refractivity contribution in [3.05, 3.63) is 35.3 Å². The summed E-state index contributed by atoms with van der Waals surface area (Å²) >= 11 is 1.51. The molecule has 1 aromatic heterocycles. The lowest BCUT2D eigenvalue weighted by molar-refractivity contribution is -0.121. The molecule has 7 heteroatoms. The molecule has 0 unspecified atom stereocenters. The number of benzene rings is 1. The number of para-hydroxylation sites is 2. The predicted molar refractivity (Wildman–Crippen MR) is 91.3 cm³/mol. The normalized spacial score (nSPS) is 16.3. The summed E-state index contributed by atoms with van der Waals surface area (Å²) in [6.07, 6.45) is 3.44. The standard InChI is InChI=1S/C16H20N4O2S/c17-16-18-9-12(23-16)10-20-7-5-11(6-8-20)15(22)19-13-3-1-2-4-14(13)21/h1-4,9,11,21H,5-8,10H2,(H2,17,18)(H,19,22). The Hall–Kier alpha value is -2.12. The number of nitrogens with one attached hydrogen (secondary N) is 1. The molecule has 0 bridgehead atoms. The molecule has 2 aromatic rings. The van der Waals surface area contributed by atoms with Gasteiger partial charge in [-0.15, -0.1) is 11.3 Å². The van der Waals surface area contributed by atoms with Gasteiger partial charge in [0.05, 0.1) is 5.69 Å².